The summed E-state index contributed by atoms with van der Waals surface area (Å²) in [5.74, 6) is 0.736. The van der Waals surface area contributed by atoms with Gasteiger partial charge in [0.05, 0.1) is 25.7 Å². The lowest BCUT2D eigenvalue weighted by atomic mass is 10.2. The summed E-state index contributed by atoms with van der Waals surface area (Å²) in [6.07, 6.45) is 4.06. The molecule has 0 fully saturated rings. The second-order valence-electron chi connectivity index (χ2n) is 6.70. The van der Waals surface area contributed by atoms with Gasteiger partial charge in [-0.05, 0) is 49.2 Å². The van der Waals surface area contributed by atoms with Crippen LogP contribution in [0.25, 0.3) is 21.3 Å². The van der Waals surface area contributed by atoms with Gasteiger partial charge in [0.2, 0.25) is 0 Å². The van der Waals surface area contributed by atoms with E-state index in [1.807, 2.05) is 26.8 Å². The highest BCUT2D eigenvalue weighted by atomic mass is 79.9. The molecule has 7 heteroatoms. The molecule has 0 unspecified atom stereocenters. The lowest BCUT2D eigenvalue weighted by molar-refractivity contribution is 0.0539. The average Bonchev–Trinajstić information content (AvgIpc) is 3.02. The number of carbonyl (C=O) groups is 1. The summed E-state index contributed by atoms with van der Waals surface area (Å²) in [7, 11) is 0. The van der Waals surface area contributed by atoms with Crippen molar-refractivity contribution < 1.29 is 9.53 Å². The van der Waals surface area contributed by atoms with E-state index in [2.05, 4.69) is 27.8 Å². The molecule has 0 aliphatic carbocycles. The van der Waals surface area contributed by atoms with Crippen LogP contribution >= 0.6 is 27.3 Å². The first-order chi connectivity index (χ1) is 11.3. The van der Waals surface area contributed by atoms with Crippen LogP contribution in [0.2, 0.25) is 0 Å². The monoisotopic (exact) mass is 409 g/mol. The zero-order valence-electron chi connectivity index (χ0n) is 14.2. The lowest BCUT2D eigenvalue weighted by Gasteiger charge is -2.20. The number of unbranched alkanes of at least 4 members (excludes halogenated alkanes) is 1. The molecule has 0 amide bonds. The van der Waals surface area contributed by atoms with E-state index in [0.717, 1.165) is 44.6 Å². The van der Waals surface area contributed by atoms with Gasteiger partial charge < -0.3 is 4.74 Å². The molecule has 0 spiro atoms. The molecule has 0 bridgehead atoms. The van der Waals surface area contributed by atoms with E-state index < -0.39 is 11.7 Å². The molecule has 0 saturated carbocycles. The molecule has 3 rings (SSSR count). The third kappa shape index (κ3) is 3.32. The largest absolute Gasteiger partial charge is 0.443 e. The summed E-state index contributed by atoms with van der Waals surface area (Å²) in [6, 6.07) is 1.97. The summed E-state index contributed by atoms with van der Waals surface area (Å²) >= 11 is 5.08. The molecule has 0 N–H and O–H groups in total. The highest BCUT2D eigenvalue weighted by Crippen LogP contribution is 2.34. The van der Waals surface area contributed by atoms with Crippen LogP contribution in [0, 0.1) is 0 Å². The number of thiophene rings is 1. The van der Waals surface area contributed by atoms with Crippen molar-refractivity contribution in [3.05, 3.63) is 21.9 Å². The van der Waals surface area contributed by atoms with Crippen LogP contribution in [-0.2, 0) is 11.2 Å². The molecular formula is C17H20BrN3O2S. The van der Waals surface area contributed by atoms with Crippen LogP contribution in [0.1, 0.15) is 46.4 Å². The van der Waals surface area contributed by atoms with E-state index in [9.17, 15) is 4.79 Å². The standard InChI is InChI=1S/C17H20BrN3O2S/c1-5-6-7-13-20-14-11(21(13)16(22)23-17(2,3)4)9-19-10-8-12(18)24-15(10)14/h8-9H,5-7H2,1-4H3. The van der Waals surface area contributed by atoms with Crippen LogP contribution in [-0.4, -0.2) is 26.2 Å². The molecule has 128 valence electrons. The van der Waals surface area contributed by atoms with Gasteiger partial charge in [-0.25, -0.2) is 14.3 Å². The van der Waals surface area contributed by atoms with Crippen LogP contribution in [0.3, 0.4) is 0 Å². The Morgan fingerprint density at radius 1 is 1.42 bits per heavy atom. The summed E-state index contributed by atoms with van der Waals surface area (Å²) in [5.41, 5.74) is 1.85. The number of rotatable bonds is 3. The SMILES string of the molecule is CCCCc1nc2c3sc(Br)cc3ncc2n1C(=O)OC(C)(C)C. The summed E-state index contributed by atoms with van der Waals surface area (Å²) in [6.45, 7) is 7.71. The van der Waals surface area contributed by atoms with Crippen LogP contribution in [0.15, 0.2) is 16.0 Å². The van der Waals surface area contributed by atoms with Crippen molar-refractivity contribution in [1.82, 2.24) is 14.5 Å². The van der Waals surface area contributed by atoms with Crippen molar-refractivity contribution in [2.24, 2.45) is 0 Å². The van der Waals surface area contributed by atoms with Gasteiger partial charge in [0.1, 0.15) is 16.9 Å². The summed E-state index contributed by atoms with van der Waals surface area (Å²) in [5, 5.41) is 0. The fraction of sp³-hybridized carbons (Fsp3) is 0.471. The number of imidazole rings is 1. The maximum Gasteiger partial charge on any atom is 0.420 e. The second-order valence-corrected chi connectivity index (χ2v) is 9.14. The smallest absolute Gasteiger partial charge is 0.420 e. The number of pyridine rings is 1. The Morgan fingerprint density at radius 3 is 2.83 bits per heavy atom. The Hall–Kier alpha value is -1.47. The highest BCUT2D eigenvalue weighted by Gasteiger charge is 2.24. The minimum Gasteiger partial charge on any atom is -0.443 e. The number of halogens is 1. The Bertz CT molecular complexity index is 908. The lowest BCUT2D eigenvalue weighted by Crippen LogP contribution is -2.28. The van der Waals surface area contributed by atoms with Gasteiger partial charge in [-0.2, -0.15) is 0 Å². The van der Waals surface area contributed by atoms with Crippen LogP contribution in [0.5, 0.6) is 0 Å². The molecule has 0 aromatic carbocycles. The van der Waals surface area contributed by atoms with Crippen molar-refractivity contribution in [2.45, 2.75) is 52.6 Å². The average molecular weight is 410 g/mol. The number of ether oxygens (including phenoxy) is 1. The molecule has 24 heavy (non-hydrogen) atoms. The molecule has 0 saturated heterocycles. The molecule has 5 nitrogen and oxygen atoms in total. The Labute approximate surface area is 153 Å². The number of nitrogens with zero attached hydrogens (tertiary/aromatic N) is 3. The van der Waals surface area contributed by atoms with Gasteiger partial charge in [0, 0.05) is 6.42 Å². The minimum absolute atomic E-state index is 0.395. The van der Waals surface area contributed by atoms with E-state index >= 15 is 0 Å². The normalized spacial score (nSPS) is 12.2. The van der Waals surface area contributed by atoms with Crippen molar-refractivity contribution >= 4 is 54.6 Å². The second kappa shape index (κ2) is 6.44. The van der Waals surface area contributed by atoms with Crippen molar-refractivity contribution in [1.29, 1.82) is 0 Å². The summed E-state index contributed by atoms with van der Waals surface area (Å²) in [4.78, 5) is 22.0. The van der Waals surface area contributed by atoms with E-state index in [-0.39, 0.29) is 0 Å². The first kappa shape index (κ1) is 17.4. The minimum atomic E-state index is -0.556. The molecule has 3 heterocycles. The fourth-order valence-corrected chi connectivity index (χ4v) is 4.06. The number of fused-ring (bicyclic) bond motifs is 3. The van der Waals surface area contributed by atoms with Gasteiger partial charge in [-0.15, -0.1) is 11.3 Å². The Morgan fingerprint density at radius 2 is 2.17 bits per heavy atom. The summed E-state index contributed by atoms with van der Waals surface area (Å²) < 4.78 is 9.14. The molecule has 0 aliphatic rings. The molecule has 0 atom stereocenters. The van der Waals surface area contributed by atoms with Gasteiger partial charge in [0.25, 0.3) is 0 Å². The Kier molecular flexibility index (Phi) is 4.66. The van der Waals surface area contributed by atoms with Crippen molar-refractivity contribution in [3.8, 4) is 0 Å². The van der Waals surface area contributed by atoms with Gasteiger partial charge in [-0.3, -0.25) is 4.98 Å². The third-order valence-corrected chi connectivity index (χ3v) is 5.17. The van der Waals surface area contributed by atoms with E-state index in [4.69, 9.17) is 9.72 Å². The quantitative estimate of drug-likeness (QED) is 0.569. The van der Waals surface area contributed by atoms with E-state index in [0.29, 0.717) is 5.52 Å². The van der Waals surface area contributed by atoms with E-state index in [1.165, 1.54) is 0 Å². The number of carbonyl (C=O) groups excluding carboxylic acids is 1. The number of aromatic nitrogens is 3. The van der Waals surface area contributed by atoms with Gasteiger partial charge in [-0.1, -0.05) is 13.3 Å². The van der Waals surface area contributed by atoms with Crippen LogP contribution in [0.4, 0.5) is 4.79 Å². The van der Waals surface area contributed by atoms with Gasteiger partial charge in [0.15, 0.2) is 0 Å². The predicted octanol–water partition coefficient (Wildman–Crippen LogP) is 5.53. The maximum atomic E-state index is 12.7. The van der Waals surface area contributed by atoms with E-state index in [1.54, 1.807) is 22.1 Å². The molecular weight excluding hydrogens is 390 g/mol. The van der Waals surface area contributed by atoms with Crippen molar-refractivity contribution in [3.63, 3.8) is 0 Å². The zero-order valence-corrected chi connectivity index (χ0v) is 16.6. The first-order valence-electron chi connectivity index (χ1n) is 7.99. The fourth-order valence-electron chi connectivity index (χ4n) is 2.53. The first-order valence-corrected chi connectivity index (χ1v) is 9.60. The molecule has 0 aliphatic heterocycles. The van der Waals surface area contributed by atoms with Gasteiger partial charge >= 0.3 is 6.09 Å². The van der Waals surface area contributed by atoms with Crippen LogP contribution < -0.4 is 0 Å². The topological polar surface area (TPSA) is 57.0 Å². The molecule has 3 aromatic rings. The Balaban J connectivity index is 2.19. The molecule has 0 radical (unpaired) electrons. The molecule has 3 aromatic heterocycles. The number of hydrogen-bond acceptors (Lipinski definition) is 5. The third-order valence-electron chi connectivity index (χ3n) is 3.54. The zero-order chi connectivity index (χ0) is 17.5. The number of aryl methyl sites for hydroxylation is 1. The predicted molar refractivity (Wildman–Crippen MR) is 101 cm³/mol. The van der Waals surface area contributed by atoms with Crippen molar-refractivity contribution in [2.75, 3.05) is 0 Å². The number of hydrogen-bond donors (Lipinski definition) is 0. The highest BCUT2D eigenvalue weighted by molar-refractivity contribution is 9.11. The maximum absolute atomic E-state index is 12.7.